The summed E-state index contributed by atoms with van der Waals surface area (Å²) in [6.45, 7) is 0. The van der Waals surface area contributed by atoms with Gasteiger partial charge in [-0.2, -0.15) is 0 Å². The van der Waals surface area contributed by atoms with E-state index in [2.05, 4.69) is 21.2 Å². The van der Waals surface area contributed by atoms with E-state index in [1.807, 2.05) is 0 Å². The van der Waals surface area contributed by atoms with Crippen LogP contribution in [0.2, 0.25) is 0 Å². The van der Waals surface area contributed by atoms with Crippen molar-refractivity contribution < 1.29 is 23.9 Å². The first-order valence-electron chi connectivity index (χ1n) is 9.24. The molecular weight excluding hydrogens is 464 g/mol. The Kier molecular flexibility index (Phi) is 5.48. The minimum Gasteiger partial charge on any atom is -0.497 e. The van der Waals surface area contributed by atoms with Gasteiger partial charge in [0.1, 0.15) is 11.5 Å². The first-order valence-corrected chi connectivity index (χ1v) is 10.0. The van der Waals surface area contributed by atoms with E-state index in [1.165, 1.54) is 7.11 Å². The Bertz CT molecular complexity index is 1210. The van der Waals surface area contributed by atoms with Crippen LogP contribution in [0.5, 0.6) is 11.5 Å². The highest BCUT2D eigenvalue weighted by atomic mass is 79.9. The van der Waals surface area contributed by atoms with Crippen molar-refractivity contribution in [3.63, 3.8) is 0 Å². The Labute approximate surface area is 186 Å². The normalized spacial score (nSPS) is 12.5. The van der Waals surface area contributed by atoms with Gasteiger partial charge >= 0.3 is 0 Å². The molecule has 3 aromatic carbocycles. The molecule has 0 spiro atoms. The molecule has 156 valence electrons. The summed E-state index contributed by atoms with van der Waals surface area (Å²) in [5.41, 5.74) is 1.93. The molecule has 0 aromatic heterocycles. The van der Waals surface area contributed by atoms with Gasteiger partial charge in [-0.05, 0) is 54.6 Å². The summed E-state index contributed by atoms with van der Waals surface area (Å²) in [6, 6.07) is 16.3. The van der Waals surface area contributed by atoms with E-state index in [0.29, 0.717) is 39.6 Å². The van der Waals surface area contributed by atoms with Gasteiger partial charge in [-0.3, -0.25) is 14.4 Å². The number of anilines is 2. The quantitative estimate of drug-likeness (QED) is 0.542. The summed E-state index contributed by atoms with van der Waals surface area (Å²) < 4.78 is 11.2. The average Bonchev–Trinajstić information content (AvgIpc) is 3.03. The summed E-state index contributed by atoms with van der Waals surface area (Å²) in [6.07, 6.45) is 0. The number of carbonyl (C=O) groups excluding carboxylic acids is 3. The van der Waals surface area contributed by atoms with E-state index in [0.717, 1.165) is 9.37 Å². The second-order valence-electron chi connectivity index (χ2n) is 6.70. The molecule has 0 unspecified atom stereocenters. The average molecular weight is 481 g/mol. The van der Waals surface area contributed by atoms with Crippen LogP contribution in [-0.4, -0.2) is 31.9 Å². The molecule has 0 bridgehead atoms. The molecule has 1 aliphatic heterocycles. The number of benzene rings is 3. The first kappa shape index (κ1) is 20.6. The van der Waals surface area contributed by atoms with Crippen molar-refractivity contribution in [3.05, 3.63) is 81.8 Å². The third-order valence-corrected chi connectivity index (χ3v) is 5.39. The molecule has 8 heteroatoms. The lowest BCUT2D eigenvalue weighted by Gasteiger charge is -2.15. The van der Waals surface area contributed by atoms with Gasteiger partial charge in [0.25, 0.3) is 17.7 Å². The van der Waals surface area contributed by atoms with Crippen LogP contribution in [0, 0.1) is 0 Å². The molecule has 1 heterocycles. The van der Waals surface area contributed by atoms with Crippen molar-refractivity contribution >= 4 is 45.0 Å². The van der Waals surface area contributed by atoms with Gasteiger partial charge in [-0.1, -0.05) is 15.9 Å². The minimum atomic E-state index is -0.401. The van der Waals surface area contributed by atoms with Gasteiger partial charge in [0, 0.05) is 16.1 Å². The number of halogens is 1. The molecule has 1 N–H and O–H groups in total. The maximum Gasteiger partial charge on any atom is 0.266 e. The molecule has 31 heavy (non-hydrogen) atoms. The Balaban J connectivity index is 1.55. The zero-order valence-electron chi connectivity index (χ0n) is 16.6. The first-order chi connectivity index (χ1) is 14.9. The minimum absolute atomic E-state index is 0.341. The van der Waals surface area contributed by atoms with Crippen LogP contribution in [-0.2, 0) is 0 Å². The zero-order chi connectivity index (χ0) is 22.1. The Morgan fingerprint density at radius 1 is 0.871 bits per heavy atom. The fraction of sp³-hybridized carbons (Fsp3) is 0.0870. The smallest absolute Gasteiger partial charge is 0.266 e. The molecule has 0 saturated heterocycles. The third-order valence-electron chi connectivity index (χ3n) is 4.89. The number of nitrogens with one attached hydrogen (secondary N) is 1. The maximum absolute atomic E-state index is 12.7. The molecule has 1 aliphatic rings. The van der Waals surface area contributed by atoms with Gasteiger partial charge in [0.2, 0.25) is 0 Å². The maximum atomic E-state index is 12.7. The highest BCUT2D eigenvalue weighted by molar-refractivity contribution is 9.10. The standard InChI is InChI=1S/C23H17BrN2O5/c1-30-16-8-10-19(20(12-16)31-2)25-21(27)13-3-6-15(7-4-13)26-22(28)17-9-5-14(24)11-18(17)23(26)29/h3-12H,1-2H3,(H,25,27). The van der Waals surface area contributed by atoms with Crippen molar-refractivity contribution in [1.82, 2.24) is 0 Å². The SMILES string of the molecule is COc1ccc(NC(=O)c2ccc(N3C(=O)c4ccc(Br)cc4C3=O)cc2)c(OC)c1. The van der Waals surface area contributed by atoms with Crippen LogP contribution >= 0.6 is 15.9 Å². The lowest BCUT2D eigenvalue weighted by atomic mass is 10.1. The molecule has 3 aromatic rings. The predicted octanol–water partition coefficient (Wildman–Crippen LogP) is 4.52. The van der Waals surface area contributed by atoms with Gasteiger partial charge in [-0.15, -0.1) is 0 Å². The fourth-order valence-electron chi connectivity index (χ4n) is 3.31. The molecular formula is C23H17BrN2O5. The van der Waals surface area contributed by atoms with Crippen molar-refractivity contribution in [1.29, 1.82) is 0 Å². The lowest BCUT2D eigenvalue weighted by molar-refractivity contribution is 0.0925. The molecule has 0 radical (unpaired) electrons. The van der Waals surface area contributed by atoms with Crippen LogP contribution in [0.25, 0.3) is 0 Å². The number of imide groups is 1. The molecule has 0 aliphatic carbocycles. The third kappa shape index (κ3) is 3.77. The van der Waals surface area contributed by atoms with Crippen molar-refractivity contribution in [2.75, 3.05) is 24.4 Å². The number of fused-ring (bicyclic) bond motifs is 1. The van der Waals surface area contributed by atoms with Crippen LogP contribution in [0.15, 0.2) is 65.1 Å². The summed E-state index contributed by atoms with van der Waals surface area (Å²) in [5.74, 6) is -0.0934. The van der Waals surface area contributed by atoms with Crippen LogP contribution in [0.3, 0.4) is 0 Å². The van der Waals surface area contributed by atoms with E-state index in [4.69, 9.17) is 9.47 Å². The van der Waals surface area contributed by atoms with Crippen LogP contribution in [0.4, 0.5) is 11.4 Å². The zero-order valence-corrected chi connectivity index (χ0v) is 18.2. The van der Waals surface area contributed by atoms with E-state index >= 15 is 0 Å². The van der Waals surface area contributed by atoms with E-state index in [1.54, 1.807) is 67.8 Å². The summed E-state index contributed by atoms with van der Waals surface area (Å²) in [7, 11) is 3.04. The van der Waals surface area contributed by atoms with Gasteiger partial charge < -0.3 is 14.8 Å². The van der Waals surface area contributed by atoms with Crippen LogP contribution < -0.4 is 19.7 Å². The van der Waals surface area contributed by atoms with Crippen molar-refractivity contribution in [2.45, 2.75) is 0 Å². The van der Waals surface area contributed by atoms with Gasteiger partial charge in [0.05, 0.1) is 36.7 Å². The summed E-state index contributed by atoms with van der Waals surface area (Å²) in [5, 5.41) is 2.78. The number of hydrogen-bond donors (Lipinski definition) is 1. The molecule has 3 amide bonds. The number of nitrogens with zero attached hydrogens (tertiary/aromatic N) is 1. The molecule has 7 nitrogen and oxygen atoms in total. The van der Waals surface area contributed by atoms with E-state index < -0.39 is 11.8 Å². The fourth-order valence-corrected chi connectivity index (χ4v) is 3.67. The number of rotatable bonds is 5. The van der Waals surface area contributed by atoms with E-state index in [9.17, 15) is 14.4 Å². The second-order valence-corrected chi connectivity index (χ2v) is 7.62. The Hall–Kier alpha value is -3.65. The number of ether oxygens (including phenoxy) is 2. The predicted molar refractivity (Wildman–Crippen MR) is 119 cm³/mol. The van der Waals surface area contributed by atoms with Crippen molar-refractivity contribution in [2.24, 2.45) is 0 Å². The molecule has 4 rings (SSSR count). The second kappa shape index (κ2) is 8.23. The highest BCUT2D eigenvalue weighted by Crippen LogP contribution is 2.31. The molecule has 0 fully saturated rings. The molecule has 0 saturated carbocycles. The Morgan fingerprint density at radius 3 is 2.26 bits per heavy atom. The number of carbonyl (C=O) groups is 3. The highest BCUT2D eigenvalue weighted by Gasteiger charge is 2.36. The van der Waals surface area contributed by atoms with Gasteiger partial charge in [-0.25, -0.2) is 4.90 Å². The van der Waals surface area contributed by atoms with Gasteiger partial charge in [0.15, 0.2) is 0 Å². The summed E-state index contributed by atoms with van der Waals surface area (Å²) in [4.78, 5) is 39.2. The molecule has 0 atom stereocenters. The largest absolute Gasteiger partial charge is 0.497 e. The number of hydrogen-bond acceptors (Lipinski definition) is 5. The lowest BCUT2D eigenvalue weighted by Crippen LogP contribution is -2.29. The Morgan fingerprint density at radius 2 is 1.58 bits per heavy atom. The number of amides is 3. The monoisotopic (exact) mass is 480 g/mol. The topological polar surface area (TPSA) is 84.9 Å². The summed E-state index contributed by atoms with van der Waals surface area (Å²) >= 11 is 3.32. The van der Waals surface area contributed by atoms with Crippen molar-refractivity contribution in [3.8, 4) is 11.5 Å². The van der Waals surface area contributed by atoms with Crippen LogP contribution in [0.1, 0.15) is 31.1 Å². The number of methoxy groups -OCH3 is 2. The van der Waals surface area contributed by atoms with E-state index in [-0.39, 0.29) is 5.91 Å².